The number of nitrogens with one attached hydrogen (secondary N) is 1. The number of hydrogen-bond donors (Lipinski definition) is 2. The summed E-state index contributed by atoms with van der Waals surface area (Å²) in [4.78, 5) is 10.8. The number of carboxylic acids is 1. The number of aliphatic carboxylic acids is 1. The summed E-state index contributed by atoms with van der Waals surface area (Å²) in [5.74, 6) is -0.675. The Morgan fingerprint density at radius 1 is 1.42 bits per heavy atom. The minimum Gasteiger partial charge on any atom is -0.497 e. The van der Waals surface area contributed by atoms with Crippen molar-refractivity contribution in [3.05, 3.63) is 23.8 Å². The van der Waals surface area contributed by atoms with Gasteiger partial charge in [0, 0.05) is 6.54 Å². The summed E-state index contributed by atoms with van der Waals surface area (Å²) in [7, 11) is -2.26. The van der Waals surface area contributed by atoms with Gasteiger partial charge in [-0.25, -0.2) is 13.1 Å². The molecular weight excluding hydrogens is 270 g/mol. The van der Waals surface area contributed by atoms with E-state index in [9.17, 15) is 13.2 Å². The van der Waals surface area contributed by atoms with E-state index in [1.807, 2.05) is 6.92 Å². The van der Waals surface area contributed by atoms with Crippen molar-refractivity contribution in [1.29, 1.82) is 0 Å². The van der Waals surface area contributed by atoms with E-state index in [1.165, 1.54) is 25.3 Å². The van der Waals surface area contributed by atoms with Crippen molar-refractivity contribution in [2.24, 2.45) is 0 Å². The third kappa shape index (κ3) is 4.22. The lowest BCUT2D eigenvalue weighted by molar-refractivity contribution is -0.136. The first-order chi connectivity index (χ1) is 8.90. The zero-order chi connectivity index (χ0) is 14.5. The number of hydrogen-bond acceptors (Lipinski definition) is 4. The van der Waals surface area contributed by atoms with Gasteiger partial charge in [-0.15, -0.1) is 0 Å². The van der Waals surface area contributed by atoms with E-state index < -0.39 is 16.0 Å². The molecule has 0 aliphatic carbocycles. The van der Waals surface area contributed by atoms with Gasteiger partial charge in [-0.3, -0.25) is 4.79 Å². The van der Waals surface area contributed by atoms with Crippen LogP contribution in [0.4, 0.5) is 0 Å². The molecule has 106 valence electrons. The standard InChI is InChI=1S/C12H17NO5S/c1-3-6-13-19(16,17)11-5-4-10(18-2)7-9(11)8-12(14)15/h4-5,7,13H,3,6,8H2,1-2H3,(H,14,15). The minimum absolute atomic E-state index is 0.0239. The van der Waals surface area contributed by atoms with Gasteiger partial charge >= 0.3 is 5.97 Å². The van der Waals surface area contributed by atoms with Crippen molar-refractivity contribution in [1.82, 2.24) is 4.72 Å². The number of rotatable bonds is 7. The van der Waals surface area contributed by atoms with Crippen LogP contribution in [-0.2, 0) is 21.2 Å². The molecule has 0 atom stereocenters. The zero-order valence-corrected chi connectivity index (χ0v) is 11.7. The maximum atomic E-state index is 12.0. The fraction of sp³-hybridized carbons (Fsp3) is 0.417. The van der Waals surface area contributed by atoms with Crippen LogP contribution < -0.4 is 9.46 Å². The maximum Gasteiger partial charge on any atom is 0.307 e. The lowest BCUT2D eigenvalue weighted by Crippen LogP contribution is -2.25. The Hall–Kier alpha value is -1.60. The molecule has 0 aromatic heterocycles. The Bertz CT molecular complexity index is 553. The van der Waals surface area contributed by atoms with Crippen molar-refractivity contribution in [3.8, 4) is 5.75 Å². The van der Waals surface area contributed by atoms with Crippen LogP contribution in [-0.4, -0.2) is 33.1 Å². The van der Waals surface area contributed by atoms with Gasteiger partial charge in [0.2, 0.25) is 10.0 Å². The first kappa shape index (κ1) is 15.5. The number of ether oxygens (including phenoxy) is 1. The van der Waals surface area contributed by atoms with E-state index in [4.69, 9.17) is 9.84 Å². The Labute approximate surface area is 112 Å². The second kappa shape index (κ2) is 6.53. The summed E-state index contributed by atoms with van der Waals surface area (Å²) < 4.78 is 31.5. The lowest BCUT2D eigenvalue weighted by Gasteiger charge is -2.11. The number of carbonyl (C=O) groups is 1. The molecule has 0 bridgehead atoms. The summed E-state index contributed by atoms with van der Waals surface area (Å²) >= 11 is 0. The largest absolute Gasteiger partial charge is 0.497 e. The van der Waals surface area contributed by atoms with Crippen LogP contribution in [0, 0.1) is 0 Å². The Kier molecular flexibility index (Phi) is 5.31. The molecule has 0 amide bonds. The molecule has 1 aromatic rings. The Balaban J connectivity index is 3.21. The van der Waals surface area contributed by atoms with Gasteiger partial charge in [-0.1, -0.05) is 6.92 Å². The first-order valence-corrected chi connectivity index (χ1v) is 7.27. The molecule has 0 saturated carbocycles. The van der Waals surface area contributed by atoms with Crippen molar-refractivity contribution in [3.63, 3.8) is 0 Å². The van der Waals surface area contributed by atoms with E-state index in [0.29, 0.717) is 18.7 Å². The van der Waals surface area contributed by atoms with Crippen LogP contribution >= 0.6 is 0 Å². The predicted octanol–water partition coefficient (Wildman–Crippen LogP) is 1.01. The van der Waals surface area contributed by atoms with E-state index in [-0.39, 0.29) is 16.9 Å². The molecule has 0 saturated heterocycles. The van der Waals surface area contributed by atoms with Crippen molar-refractivity contribution < 1.29 is 23.1 Å². The summed E-state index contributed by atoms with van der Waals surface area (Å²) in [6, 6.07) is 4.27. The van der Waals surface area contributed by atoms with Gasteiger partial charge in [-0.05, 0) is 30.2 Å². The molecule has 0 aliphatic heterocycles. The van der Waals surface area contributed by atoms with Crippen LogP contribution in [0.25, 0.3) is 0 Å². The third-order valence-corrected chi connectivity index (χ3v) is 4.00. The van der Waals surface area contributed by atoms with Gasteiger partial charge in [0.1, 0.15) is 5.75 Å². The average Bonchev–Trinajstić information content (AvgIpc) is 2.35. The smallest absolute Gasteiger partial charge is 0.307 e. The van der Waals surface area contributed by atoms with Crippen LogP contribution in [0.1, 0.15) is 18.9 Å². The molecule has 0 unspecified atom stereocenters. The molecule has 0 radical (unpaired) electrons. The van der Waals surface area contributed by atoms with Crippen LogP contribution in [0.2, 0.25) is 0 Å². The summed E-state index contributed by atoms with van der Waals surface area (Å²) in [5, 5.41) is 8.84. The van der Waals surface area contributed by atoms with Gasteiger partial charge in [-0.2, -0.15) is 0 Å². The lowest BCUT2D eigenvalue weighted by atomic mass is 10.1. The highest BCUT2D eigenvalue weighted by atomic mass is 32.2. The van der Waals surface area contributed by atoms with Crippen LogP contribution in [0.15, 0.2) is 23.1 Å². The second-order valence-electron chi connectivity index (χ2n) is 3.94. The molecule has 1 rings (SSSR count). The quantitative estimate of drug-likeness (QED) is 0.780. The summed E-state index contributed by atoms with van der Waals surface area (Å²) in [6.07, 6.45) is 0.281. The molecule has 6 nitrogen and oxygen atoms in total. The average molecular weight is 287 g/mol. The highest BCUT2D eigenvalue weighted by molar-refractivity contribution is 7.89. The molecule has 1 aromatic carbocycles. The van der Waals surface area contributed by atoms with Crippen LogP contribution in [0.3, 0.4) is 0 Å². The number of sulfonamides is 1. The fourth-order valence-corrected chi connectivity index (χ4v) is 2.91. The van der Waals surface area contributed by atoms with Crippen molar-refractivity contribution in [2.75, 3.05) is 13.7 Å². The normalized spacial score (nSPS) is 11.3. The van der Waals surface area contributed by atoms with Crippen molar-refractivity contribution >= 4 is 16.0 Å². The highest BCUT2D eigenvalue weighted by Gasteiger charge is 2.19. The predicted molar refractivity (Wildman–Crippen MR) is 69.8 cm³/mol. The topological polar surface area (TPSA) is 92.7 Å². The van der Waals surface area contributed by atoms with E-state index >= 15 is 0 Å². The van der Waals surface area contributed by atoms with E-state index in [1.54, 1.807) is 0 Å². The molecular formula is C12H17NO5S. The van der Waals surface area contributed by atoms with E-state index in [0.717, 1.165) is 0 Å². The number of benzene rings is 1. The first-order valence-electron chi connectivity index (χ1n) is 5.79. The van der Waals surface area contributed by atoms with Gasteiger partial charge in [0.15, 0.2) is 0 Å². The molecule has 0 heterocycles. The molecule has 7 heteroatoms. The zero-order valence-electron chi connectivity index (χ0n) is 10.8. The van der Waals surface area contributed by atoms with Gasteiger partial charge in [0.25, 0.3) is 0 Å². The molecule has 19 heavy (non-hydrogen) atoms. The Morgan fingerprint density at radius 3 is 2.63 bits per heavy atom. The summed E-state index contributed by atoms with van der Waals surface area (Å²) in [5.41, 5.74) is 0.204. The highest BCUT2D eigenvalue weighted by Crippen LogP contribution is 2.22. The third-order valence-electron chi connectivity index (χ3n) is 2.44. The van der Waals surface area contributed by atoms with Gasteiger partial charge < -0.3 is 9.84 Å². The van der Waals surface area contributed by atoms with Crippen LogP contribution in [0.5, 0.6) is 5.75 Å². The monoisotopic (exact) mass is 287 g/mol. The minimum atomic E-state index is -3.69. The molecule has 0 fully saturated rings. The van der Waals surface area contributed by atoms with E-state index in [2.05, 4.69) is 4.72 Å². The SMILES string of the molecule is CCCNS(=O)(=O)c1ccc(OC)cc1CC(=O)O. The number of carboxylic acid groups (broad SMARTS) is 1. The molecule has 2 N–H and O–H groups in total. The number of methoxy groups -OCH3 is 1. The Morgan fingerprint density at radius 2 is 2.11 bits per heavy atom. The second-order valence-corrected chi connectivity index (χ2v) is 5.68. The molecule has 0 aliphatic rings. The van der Waals surface area contributed by atoms with Crippen molar-refractivity contribution in [2.45, 2.75) is 24.7 Å². The molecule has 0 spiro atoms. The van der Waals surface area contributed by atoms with Gasteiger partial charge in [0.05, 0.1) is 18.4 Å². The maximum absolute atomic E-state index is 12.0. The summed E-state index contributed by atoms with van der Waals surface area (Å²) in [6.45, 7) is 2.15. The fourth-order valence-electron chi connectivity index (χ4n) is 1.56.